The number of fused-ring (bicyclic) bond motifs is 15. The number of aromatic hydroxyl groups is 1. The van der Waals surface area contributed by atoms with E-state index < -0.39 is 100.0 Å². The summed E-state index contributed by atoms with van der Waals surface area (Å²) in [6, 6.07) is 7.26. The number of amides is 1. The SMILES string of the molecule is COc1cccc2cc(NN/C=C3/C(=O)c4c5c(O)c(C)c6c4C(=O)[C@@](C)(O/C=C/[C@H](OC)[C@@H](C)[C@@H](OC(C)=O)[C@H](C)[C@H](O)[C@H](C)[C@@H](O)[C@@H](C)/C=C/C=C(/C)C(=O)NC3=C5O)O6)c(C)nc12. The maximum absolute atomic E-state index is 14.9. The van der Waals surface area contributed by atoms with Gasteiger partial charge in [0.25, 0.3) is 11.7 Å². The van der Waals surface area contributed by atoms with Crippen molar-refractivity contribution in [3.05, 3.63) is 106 Å². The molecule has 1 amide bonds. The average Bonchev–Trinajstić information content (AvgIpc) is 3.55. The molecule has 66 heavy (non-hydrogen) atoms. The lowest BCUT2D eigenvalue weighted by atomic mass is 9.78. The molecular weight excluding hydrogens is 853 g/mol. The van der Waals surface area contributed by atoms with Gasteiger partial charge in [-0.1, -0.05) is 58.1 Å². The number of ketones is 2. The quantitative estimate of drug-likeness (QED) is 0.0832. The van der Waals surface area contributed by atoms with Gasteiger partial charge in [0.05, 0.1) is 71.0 Å². The van der Waals surface area contributed by atoms with E-state index in [0.717, 1.165) is 5.39 Å². The first kappa shape index (κ1) is 48.8. The van der Waals surface area contributed by atoms with Crippen molar-refractivity contribution in [2.75, 3.05) is 19.6 Å². The highest BCUT2D eigenvalue weighted by molar-refractivity contribution is 6.25. The largest absolute Gasteiger partial charge is 0.507 e. The van der Waals surface area contributed by atoms with Crippen LogP contribution in [0.1, 0.15) is 86.0 Å². The van der Waals surface area contributed by atoms with Gasteiger partial charge in [-0.3, -0.25) is 24.6 Å². The highest BCUT2D eigenvalue weighted by Gasteiger charge is 2.52. The predicted octanol–water partition coefficient (Wildman–Crippen LogP) is 6.16. The molecule has 7 N–H and O–H groups in total. The fourth-order valence-corrected chi connectivity index (χ4v) is 8.61. The number of ether oxygens (including phenoxy) is 5. The molecule has 3 aromatic rings. The summed E-state index contributed by atoms with van der Waals surface area (Å²) in [5.41, 5.74) is 5.90. The minimum atomic E-state index is -2.11. The lowest BCUT2D eigenvalue weighted by Gasteiger charge is -2.38. The standard InChI is InChI=1S/C49H58N4O13/c1-22-14-12-15-23(2)48(61)52-39-31(21-50-53-32-20-30-16-13-17-34(63-11)38(30)51-28(32)7)43(58)35-36(44(39)59)42(57)27(6)46-37(35)47(60)49(9,66-46)64-19-18-33(62-10)24(3)45(65-29(8)54)26(5)41(56)25(4)40(22)55/h12-22,24-26,33,40-41,45,50,53,55-57,59H,1-11H3,(H,52,61)/b14-12+,19-18+,23-15-,31-21+/t22-,24+,25+,26+,33-,40-,41+,45+,49-/m0/s1. The second-order valence-electron chi connectivity index (χ2n) is 17.2. The molecule has 4 heterocycles. The number of esters is 1. The van der Waals surface area contributed by atoms with Gasteiger partial charge < -0.3 is 54.9 Å². The Morgan fingerprint density at radius 2 is 1.67 bits per heavy atom. The van der Waals surface area contributed by atoms with Crippen LogP contribution in [-0.4, -0.2) is 93.3 Å². The molecule has 5 bridgehead atoms. The number of hydrazine groups is 1. The molecule has 1 aliphatic carbocycles. The van der Waals surface area contributed by atoms with Crippen molar-refractivity contribution in [3.63, 3.8) is 0 Å². The second-order valence-corrected chi connectivity index (χ2v) is 17.2. The third kappa shape index (κ3) is 9.10. The number of aromatic nitrogens is 1. The molecule has 0 radical (unpaired) electrons. The monoisotopic (exact) mass is 910 g/mol. The van der Waals surface area contributed by atoms with Crippen molar-refractivity contribution in [1.82, 2.24) is 15.7 Å². The molecule has 0 unspecified atom stereocenters. The number of anilines is 1. The van der Waals surface area contributed by atoms with E-state index >= 15 is 0 Å². The molecule has 1 aromatic heterocycles. The first-order valence-electron chi connectivity index (χ1n) is 21.5. The number of methoxy groups -OCH3 is 2. The summed E-state index contributed by atoms with van der Waals surface area (Å²) in [6.07, 6.45) is 4.52. The predicted molar refractivity (Wildman–Crippen MR) is 244 cm³/mol. The number of aryl methyl sites for hydroxylation is 1. The van der Waals surface area contributed by atoms with Crippen LogP contribution in [0, 0.1) is 37.5 Å². The average molecular weight is 911 g/mol. The number of benzene rings is 2. The fourth-order valence-electron chi connectivity index (χ4n) is 8.61. The number of carbonyl (C=O) groups is 4. The Bertz CT molecular complexity index is 2610. The van der Waals surface area contributed by atoms with Crippen LogP contribution in [0.25, 0.3) is 16.7 Å². The van der Waals surface area contributed by atoms with E-state index in [1.165, 1.54) is 59.4 Å². The number of aliphatic hydroxyl groups excluding tert-OH is 3. The van der Waals surface area contributed by atoms with Crippen LogP contribution in [0.3, 0.4) is 0 Å². The summed E-state index contributed by atoms with van der Waals surface area (Å²) in [5.74, 6) is -8.65. The molecule has 17 nitrogen and oxygen atoms in total. The first-order valence-corrected chi connectivity index (χ1v) is 21.5. The van der Waals surface area contributed by atoms with E-state index in [0.29, 0.717) is 22.6 Å². The Kier molecular flexibility index (Phi) is 14.3. The highest BCUT2D eigenvalue weighted by atomic mass is 16.7. The number of phenols is 1. The molecular formula is C49H58N4O13. The maximum Gasteiger partial charge on any atom is 0.312 e. The summed E-state index contributed by atoms with van der Waals surface area (Å²) in [4.78, 5) is 60.4. The lowest BCUT2D eigenvalue weighted by Crippen LogP contribution is -2.46. The number of hydrogen-bond acceptors (Lipinski definition) is 16. The van der Waals surface area contributed by atoms with Gasteiger partial charge in [-0.15, -0.1) is 0 Å². The third-order valence-electron chi connectivity index (χ3n) is 12.7. The Labute approximate surface area is 382 Å². The van der Waals surface area contributed by atoms with Crippen molar-refractivity contribution >= 4 is 45.8 Å². The molecule has 352 valence electrons. The van der Waals surface area contributed by atoms with Gasteiger partial charge in [-0.2, -0.15) is 0 Å². The topological polar surface area (TPSA) is 244 Å². The molecule has 17 heteroatoms. The van der Waals surface area contributed by atoms with Gasteiger partial charge >= 0.3 is 11.8 Å². The number of nitrogens with one attached hydrogen (secondary N) is 3. The normalized spacial score (nSPS) is 29.6. The maximum atomic E-state index is 14.9. The molecule has 0 saturated heterocycles. The number of hydrogen-bond donors (Lipinski definition) is 7. The van der Waals surface area contributed by atoms with Crippen LogP contribution in [0.5, 0.6) is 17.2 Å². The Morgan fingerprint density at radius 1 is 0.955 bits per heavy atom. The van der Waals surface area contributed by atoms with Crippen LogP contribution in [0.4, 0.5) is 5.69 Å². The minimum absolute atomic E-state index is 0.000933. The Morgan fingerprint density at radius 3 is 2.33 bits per heavy atom. The molecule has 9 atom stereocenters. The number of phenolic OH excluding ortho intramolecular Hbond substituents is 1. The zero-order valence-electron chi connectivity index (χ0n) is 38.8. The second kappa shape index (κ2) is 19.4. The molecule has 0 spiro atoms. The van der Waals surface area contributed by atoms with E-state index in [1.54, 1.807) is 59.9 Å². The summed E-state index contributed by atoms with van der Waals surface area (Å²) in [5, 5.41) is 50.0. The van der Waals surface area contributed by atoms with Gasteiger partial charge in [0.1, 0.15) is 28.9 Å². The number of rotatable bonds is 6. The number of para-hydroxylation sites is 1. The van der Waals surface area contributed by atoms with E-state index in [2.05, 4.69) is 21.2 Å². The van der Waals surface area contributed by atoms with Crippen molar-refractivity contribution in [2.24, 2.45) is 23.7 Å². The van der Waals surface area contributed by atoms with E-state index in [4.69, 9.17) is 23.7 Å². The lowest BCUT2D eigenvalue weighted by molar-refractivity contribution is -0.160. The van der Waals surface area contributed by atoms with Crippen LogP contribution >= 0.6 is 0 Å². The number of carbonyl (C=O) groups excluding carboxylic acids is 4. The van der Waals surface area contributed by atoms with Crippen molar-refractivity contribution in [1.29, 1.82) is 0 Å². The van der Waals surface area contributed by atoms with E-state index in [9.17, 15) is 39.6 Å². The van der Waals surface area contributed by atoms with Crippen LogP contribution in [0.2, 0.25) is 0 Å². The van der Waals surface area contributed by atoms with Crippen molar-refractivity contribution in [3.8, 4) is 17.2 Å². The molecule has 2 aromatic carbocycles. The summed E-state index contributed by atoms with van der Waals surface area (Å²) in [6.45, 7) is 14.1. The molecule has 0 fully saturated rings. The first-order chi connectivity index (χ1) is 31.2. The van der Waals surface area contributed by atoms with Crippen molar-refractivity contribution < 1.29 is 63.3 Å². The molecule has 3 aliphatic heterocycles. The third-order valence-corrected chi connectivity index (χ3v) is 12.7. The number of nitrogens with zero attached hydrogens (tertiary/aromatic N) is 1. The number of Topliss-reactive ketones (excluding diaryl/α,β-unsaturated/α-hetero) is 2. The van der Waals surface area contributed by atoms with E-state index in [1.807, 2.05) is 18.2 Å². The van der Waals surface area contributed by atoms with Gasteiger partial charge in [-0.25, -0.2) is 4.98 Å². The summed E-state index contributed by atoms with van der Waals surface area (Å²) >= 11 is 0. The van der Waals surface area contributed by atoms with Crippen LogP contribution in [-0.2, 0) is 23.8 Å². The van der Waals surface area contributed by atoms with Gasteiger partial charge in [0, 0.05) is 67.4 Å². The van der Waals surface area contributed by atoms with E-state index in [-0.39, 0.29) is 33.7 Å². The number of pyridine rings is 1. The highest BCUT2D eigenvalue weighted by Crippen LogP contribution is 2.50. The van der Waals surface area contributed by atoms with Gasteiger partial charge in [0.2, 0.25) is 0 Å². The zero-order valence-corrected chi connectivity index (χ0v) is 38.8. The van der Waals surface area contributed by atoms with Crippen molar-refractivity contribution in [2.45, 2.75) is 92.5 Å². The van der Waals surface area contributed by atoms with Crippen LogP contribution in [0.15, 0.2) is 77.9 Å². The van der Waals surface area contributed by atoms with Gasteiger partial charge in [-0.05, 0) is 39.0 Å². The molecule has 0 saturated carbocycles. The Hall–Kier alpha value is -6.69. The minimum Gasteiger partial charge on any atom is -0.507 e. The summed E-state index contributed by atoms with van der Waals surface area (Å²) in [7, 11) is 2.97. The van der Waals surface area contributed by atoms with Crippen LogP contribution < -0.4 is 25.6 Å². The smallest absolute Gasteiger partial charge is 0.312 e. The molecule has 4 aliphatic rings. The zero-order chi connectivity index (χ0) is 48.5. The Balaban J connectivity index is 1.48. The number of aliphatic hydroxyl groups is 3. The fraction of sp³-hybridized carbons (Fsp3) is 0.408. The van der Waals surface area contributed by atoms with Gasteiger partial charge in [0.15, 0.2) is 11.5 Å². The summed E-state index contributed by atoms with van der Waals surface area (Å²) < 4.78 is 29.1. The number of allylic oxidation sites excluding steroid dienone is 3. The molecule has 7 rings (SSSR count).